The Hall–Kier alpha value is -2.40. The summed E-state index contributed by atoms with van der Waals surface area (Å²) in [6.45, 7) is 3.62. The van der Waals surface area contributed by atoms with Gasteiger partial charge in [0, 0.05) is 5.56 Å². The zero-order valence-electron chi connectivity index (χ0n) is 12.8. The molecule has 0 fully saturated rings. The van der Waals surface area contributed by atoms with Crippen LogP contribution >= 0.6 is 11.6 Å². The molecule has 0 aliphatic carbocycles. The molecular formula is C17H16ClFN2O2. The quantitative estimate of drug-likeness (QED) is 0.670. The van der Waals surface area contributed by atoms with E-state index >= 15 is 0 Å². The maximum atomic E-state index is 13.5. The summed E-state index contributed by atoms with van der Waals surface area (Å²) in [7, 11) is 0. The molecule has 6 heteroatoms. The number of carbonyl (C=O) groups excluding carboxylic acids is 1. The molecule has 120 valence electrons. The highest BCUT2D eigenvalue weighted by Crippen LogP contribution is 2.22. The maximum absolute atomic E-state index is 13.5. The van der Waals surface area contributed by atoms with Gasteiger partial charge in [-0.1, -0.05) is 35.9 Å². The fourth-order valence-electron chi connectivity index (χ4n) is 2.00. The molecule has 0 bridgehead atoms. The van der Waals surface area contributed by atoms with Crippen molar-refractivity contribution in [2.24, 2.45) is 5.10 Å². The predicted molar refractivity (Wildman–Crippen MR) is 88.6 cm³/mol. The Morgan fingerprint density at radius 2 is 1.91 bits per heavy atom. The third-order valence-electron chi connectivity index (χ3n) is 3.14. The first-order chi connectivity index (χ1) is 11.0. The topological polar surface area (TPSA) is 50.7 Å². The molecule has 0 atom stereocenters. The lowest BCUT2D eigenvalue weighted by Crippen LogP contribution is -2.25. The highest BCUT2D eigenvalue weighted by molar-refractivity contribution is 6.33. The van der Waals surface area contributed by atoms with Gasteiger partial charge in [-0.25, -0.2) is 9.82 Å². The van der Waals surface area contributed by atoms with Crippen molar-refractivity contribution in [2.75, 3.05) is 6.61 Å². The van der Waals surface area contributed by atoms with Gasteiger partial charge in [0.15, 0.2) is 6.61 Å². The summed E-state index contributed by atoms with van der Waals surface area (Å²) < 4.78 is 19.0. The lowest BCUT2D eigenvalue weighted by atomic mass is 10.1. The van der Waals surface area contributed by atoms with E-state index in [1.165, 1.54) is 18.2 Å². The van der Waals surface area contributed by atoms with E-state index in [0.29, 0.717) is 5.75 Å². The Balaban J connectivity index is 1.92. The number of hydrazone groups is 1. The summed E-state index contributed by atoms with van der Waals surface area (Å²) in [5, 5.41) is 3.91. The summed E-state index contributed by atoms with van der Waals surface area (Å²) in [4.78, 5) is 11.7. The molecule has 2 aromatic rings. The lowest BCUT2D eigenvalue weighted by molar-refractivity contribution is -0.123. The van der Waals surface area contributed by atoms with Crippen LogP contribution in [-0.4, -0.2) is 18.7 Å². The molecule has 1 amide bonds. The Morgan fingerprint density at radius 1 is 1.26 bits per heavy atom. The van der Waals surface area contributed by atoms with Gasteiger partial charge in [0.05, 0.1) is 11.2 Å². The summed E-state index contributed by atoms with van der Waals surface area (Å²) in [5.41, 5.74) is 4.28. The van der Waals surface area contributed by atoms with Crippen molar-refractivity contribution >= 4 is 23.7 Å². The molecule has 1 N–H and O–H groups in total. The number of para-hydroxylation sites is 1. The minimum Gasteiger partial charge on any atom is -0.483 e. The fourth-order valence-corrected chi connectivity index (χ4v) is 2.21. The molecule has 0 aliphatic heterocycles. The van der Waals surface area contributed by atoms with Crippen LogP contribution in [0.2, 0.25) is 5.02 Å². The Morgan fingerprint density at radius 3 is 2.57 bits per heavy atom. The molecular weight excluding hydrogens is 319 g/mol. The van der Waals surface area contributed by atoms with Gasteiger partial charge in [0.1, 0.15) is 11.6 Å². The number of halogens is 2. The monoisotopic (exact) mass is 334 g/mol. The molecule has 0 spiro atoms. The molecule has 2 aromatic carbocycles. The second kappa shape index (κ2) is 7.74. The molecule has 0 unspecified atom stereocenters. The number of amides is 1. The van der Waals surface area contributed by atoms with Crippen LogP contribution in [0, 0.1) is 19.7 Å². The molecule has 0 heterocycles. The van der Waals surface area contributed by atoms with Gasteiger partial charge in [0.25, 0.3) is 5.91 Å². The van der Waals surface area contributed by atoms with Crippen molar-refractivity contribution in [1.29, 1.82) is 0 Å². The molecule has 0 saturated heterocycles. The SMILES string of the molecule is Cc1cccc(C)c1OCC(=O)NN=Cc1c(F)cccc1Cl. The molecule has 4 nitrogen and oxygen atoms in total. The van der Waals surface area contributed by atoms with E-state index in [2.05, 4.69) is 10.5 Å². The third-order valence-corrected chi connectivity index (χ3v) is 3.47. The smallest absolute Gasteiger partial charge is 0.277 e. The number of carbonyl (C=O) groups is 1. The van der Waals surface area contributed by atoms with Gasteiger partial charge < -0.3 is 4.74 Å². The van der Waals surface area contributed by atoms with Crippen LogP contribution in [0.25, 0.3) is 0 Å². The minimum atomic E-state index is -0.512. The van der Waals surface area contributed by atoms with E-state index in [1.54, 1.807) is 0 Å². The Bertz CT molecular complexity index is 707. The van der Waals surface area contributed by atoms with Crippen LogP contribution in [0.15, 0.2) is 41.5 Å². The highest BCUT2D eigenvalue weighted by atomic mass is 35.5. The van der Waals surface area contributed by atoms with Gasteiger partial charge in [-0.2, -0.15) is 5.10 Å². The standard InChI is InChI=1S/C17H16ClFN2O2/c1-11-5-3-6-12(2)17(11)23-10-16(22)21-20-9-13-14(18)7-4-8-15(13)19/h3-9H,10H2,1-2H3,(H,21,22). The van der Waals surface area contributed by atoms with Crippen LogP contribution in [0.3, 0.4) is 0 Å². The molecule has 0 aromatic heterocycles. The van der Waals surface area contributed by atoms with Crippen LogP contribution in [-0.2, 0) is 4.79 Å². The number of ether oxygens (including phenoxy) is 1. The molecule has 0 aliphatic rings. The molecule has 0 radical (unpaired) electrons. The van der Waals surface area contributed by atoms with E-state index in [9.17, 15) is 9.18 Å². The van der Waals surface area contributed by atoms with Crippen molar-refractivity contribution in [3.05, 3.63) is 63.9 Å². The van der Waals surface area contributed by atoms with Crippen molar-refractivity contribution in [2.45, 2.75) is 13.8 Å². The Kier molecular flexibility index (Phi) is 5.71. The van der Waals surface area contributed by atoms with Gasteiger partial charge >= 0.3 is 0 Å². The van der Waals surface area contributed by atoms with Crippen LogP contribution < -0.4 is 10.2 Å². The first kappa shape index (κ1) is 17.0. The normalized spacial score (nSPS) is 10.8. The average molecular weight is 335 g/mol. The lowest BCUT2D eigenvalue weighted by Gasteiger charge is -2.10. The number of benzene rings is 2. The van der Waals surface area contributed by atoms with E-state index in [1.807, 2.05) is 32.0 Å². The highest BCUT2D eigenvalue weighted by Gasteiger charge is 2.07. The Labute approximate surface area is 138 Å². The third kappa shape index (κ3) is 4.53. The molecule has 23 heavy (non-hydrogen) atoms. The first-order valence-electron chi connectivity index (χ1n) is 6.94. The van der Waals surface area contributed by atoms with Gasteiger partial charge in [-0.05, 0) is 37.1 Å². The van der Waals surface area contributed by atoms with E-state index in [4.69, 9.17) is 16.3 Å². The van der Waals surface area contributed by atoms with Gasteiger partial charge in [-0.3, -0.25) is 4.79 Å². The van der Waals surface area contributed by atoms with E-state index < -0.39 is 11.7 Å². The summed E-state index contributed by atoms with van der Waals surface area (Å²) in [5.74, 6) is -0.289. The first-order valence-corrected chi connectivity index (χ1v) is 7.31. The number of nitrogens with one attached hydrogen (secondary N) is 1. The maximum Gasteiger partial charge on any atom is 0.277 e. The molecule has 2 rings (SSSR count). The number of hydrogen-bond acceptors (Lipinski definition) is 3. The number of aryl methyl sites for hydroxylation is 2. The van der Waals surface area contributed by atoms with Crippen molar-refractivity contribution in [3.8, 4) is 5.75 Å². The number of rotatable bonds is 5. The predicted octanol–water partition coefficient (Wildman–Crippen LogP) is 3.63. The van der Waals surface area contributed by atoms with Gasteiger partial charge in [0.2, 0.25) is 0 Å². The number of hydrogen-bond donors (Lipinski definition) is 1. The van der Waals surface area contributed by atoms with Crippen LogP contribution in [0.4, 0.5) is 4.39 Å². The van der Waals surface area contributed by atoms with Crippen LogP contribution in [0.1, 0.15) is 16.7 Å². The van der Waals surface area contributed by atoms with Crippen LogP contribution in [0.5, 0.6) is 5.75 Å². The average Bonchev–Trinajstić information content (AvgIpc) is 2.50. The van der Waals surface area contributed by atoms with Crippen molar-refractivity contribution in [3.63, 3.8) is 0 Å². The molecule has 0 saturated carbocycles. The minimum absolute atomic E-state index is 0.116. The second-order valence-corrected chi connectivity index (χ2v) is 5.35. The van der Waals surface area contributed by atoms with Gasteiger partial charge in [-0.15, -0.1) is 0 Å². The largest absolute Gasteiger partial charge is 0.483 e. The van der Waals surface area contributed by atoms with Crippen molar-refractivity contribution in [1.82, 2.24) is 5.43 Å². The zero-order valence-corrected chi connectivity index (χ0v) is 13.5. The summed E-state index contributed by atoms with van der Waals surface area (Å²) in [6.07, 6.45) is 1.16. The van der Waals surface area contributed by atoms with E-state index in [0.717, 1.165) is 17.3 Å². The zero-order chi connectivity index (χ0) is 16.8. The second-order valence-electron chi connectivity index (χ2n) is 4.94. The summed E-state index contributed by atoms with van der Waals surface area (Å²) >= 11 is 5.85. The van der Waals surface area contributed by atoms with E-state index in [-0.39, 0.29) is 17.2 Å². The number of nitrogens with zero attached hydrogens (tertiary/aromatic N) is 1. The fraction of sp³-hybridized carbons (Fsp3) is 0.176. The summed E-state index contributed by atoms with van der Waals surface area (Å²) in [6, 6.07) is 10.0. The van der Waals surface area contributed by atoms with Crippen molar-refractivity contribution < 1.29 is 13.9 Å².